The minimum Gasteiger partial charge on any atom is -0.244 e. The van der Waals surface area contributed by atoms with Crippen LogP contribution in [0.3, 0.4) is 0 Å². The molecule has 0 spiro atoms. The van der Waals surface area contributed by atoms with E-state index in [2.05, 4.69) is 9.98 Å². The van der Waals surface area contributed by atoms with Crippen molar-refractivity contribution in [1.82, 2.24) is 0 Å². The van der Waals surface area contributed by atoms with Gasteiger partial charge in [0, 0.05) is 0 Å². The molecule has 0 atom stereocenters. The Morgan fingerprint density at radius 3 is 2.92 bits per heavy atom. The first-order valence-electron chi connectivity index (χ1n) is 3.32. The number of benzene rings is 1. The lowest BCUT2D eigenvalue weighted by atomic mass is 10.2. The summed E-state index contributed by atoms with van der Waals surface area (Å²) < 4.78 is 0. The van der Waals surface area contributed by atoms with E-state index in [0.29, 0.717) is 16.3 Å². The first-order chi connectivity index (χ1) is 5.81. The van der Waals surface area contributed by atoms with Gasteiger partial charge in [-0.05, 0) is 12.1 Å². The van der Waals surface area contributed by atoms with Crippen molar-refractivity contribution in [2.45, 2.75) is 0 Å². The summed E-state index contributed by atoms with van der Waals surface area (Å²) in [5.41, 5.74) is 0.391. The number of carbonyl (C=O) groups excluding carboxylic acids is 1. The molecule has 0 radical (unpaired) electrons. The van der Waals surface area contributed by atoms with Gasteiger partial charge >= 0.3 is 6.03 Å². The maximum absolute atomic E-state index is 10.7. The first-order valence-corrected chi connectivity index (χ1v) is 3.32. The Morgan fingerprint density at radius 1 is 1.33 bits per heavy atom. The molecule has 4 heteroatoms. The highest BCUT2D eigenvalue weighted by Crippen LogP contribution is 1.89. The molecular weight excluding hydrogens is 154 g/mol. The van der Waals surface area contributed by atoms with Crippen LogP contribution in [0.1, 0.15) is 5.56 Å². The predicted molar refractivity (Wildman–Crippen MR) is 38.9 cm³/mol. The molecule has 56 valence electrons. The summed E-state index contributed by atoms with van der Waals surface area (Å²) in [4.78, 5) is 17.9. The SMILES string of the molecule is N#Cc1cccc2c1=NC(=O)N=2. The van der Waals surface area contributed by atoms with Crippen LogP contribution >= 0.6 is 0 Å². The monoisotopic (exact) mass is 157 g/mol. The summed E-state index contributed by atoms with van der Waals surface area (Å²) >= 11 is 0. The van der Waals surface area contributed by atoms with Gasteiger partial charge in [0.05, 0.1) is 10.9 Å². The summed E-state index contributed by atoms with van der Waals surface area (Å²) in [6.07, 6.45) is 0. The topological polar surface area (TPSA) is 65.6 Å². The van der Waals surface area contributed by atoms with Crippen LogP contribution in [-0.4, -0.2) is 6.03 Å². The van der Waals surface area contributed by atoms with Crippen molar-refractivity contribution in [3.63, 3.8) is 0 Å². The van der Waals surface area contributed by atoms with Gasteiger partial charge in [-0.15, -0.1) is 0 Å². The molecule has 0 bridgehead atoms. The Bertz CT molecular complexity index is 510. The highest BCUT2D eigenvalue weighted by molar-refractivity contribution is 5.77. The Labute approximate surface area is 67.5 Å². The fourth-order valence-corrected chi connectivity index (χ4v) is 1.05. The number of amides is 2. The van der Waals surface area contributed by atoms with Crippen LogP contribution in [-0.2, 0) is 0 Å². The molecule has 4 nitrogen and oxygen atoms in total. The Kier molecular flexibility index (Phi) is 1.25. The molecule has 12 heavy (non-hydrogen) atoms. The maximum atomic E-state index is 10.7. The molecule has 1 aromatic carbocycles. The van der Waals surface area contributed by atoms with Gasteiger partial charge in [0.1, 0.15) is 11.4 Å². The van der Waals surface area contributed by atoms with Crippen molar-refractivity contribution in [3.05, 3.63) is 34.5 Å². The molecule has 0 saturated carbocycles. The van der Waals surface area contributed by atoms with E-state index in [1.165, 1.54) is 0 Å². The van der Waals surface area contributed by atoms with Crippen LogP contribution in [0, 0.1) is 11.3 Å². The lowest BCUT2D eigenvalue weighted by molar-refractivity contribution is 0.256. The zero-order chi connectivity index (χ0) is 8.55. The standard InChI is InChI=1S/C8H3N3O/c9-4-5-2-1-3-6-7(5)11-8(12)10-6/h1-3H. The number of hydrogen-bond acceptors (Lipinski definition) is 2. The smallest absolute Gasteiger partial charge is 0.244 e. The number of rotatable bonds is 0. The number of para-hydroxylation sites is 1. The zero-order valence-corrected chi connectivity index (χ0v) is 5.98. The molecule has 1 aromatic rings. The van der Waals surface area contributed by atoms with E-state index < -0.39 is 6.03 Å². The Morgan fingerprint density at radius 2 is 2.17 bits per heavy atom. The molecule has 0 aliphatic carbocycles. The second-order valence-corrected chi connectivity index (χ2v) is 2.29. The Hall–Kier alpha value is -2.02. The van der Waals surface area contributed by atoms with Crippen LogP contribution in [0.5, 0.6) is 0 Å². The van der Waals surface area contributed by atoms with E-state index in [4.69, 9.17) is 5.26 Å². The van der Waals surface area contributed by atoms with Crippen LogP contribution in [0.15, 0.2) is 28.2 Å². The number of hydrogen-bond donors (Lipinski definition) is 0. The summed E-state index contributed by atoms with van der Waals surface area (Å²) in [6.45, 7) is 0. The molecule has 0 unspecified atom stereocenters. The molecule has 0 N–H and O–H groups in total. The molecular formula is C8H3N3O. The van der Waals surface area contributed by atoms with Crippen LogP contribution in [0.4, 0.5) is 4.79 Å². The summed E-state index contributed by atoms with van der Waals surface area (Å²) in [5, 5.41) is 9.50. The van der Waals surface area contributed by atoms with Gasteiger partial charge in [-0.2, -0.15) is 15.2 Å². The molecule has 1 aliphatic heterocycles. The van der Waals surface area contributed by atoms with Crippen molar-refractivity contribution < 1.29 is 4.79 Å². The van der Waals surface area contributed by atoms with Gasteiger partial charge in [0.15, 0.2) is 0 Å². The third-order valence-corrected chi connectivity index (χ3v) is 1.56. The largest absolute Gasteiger partial charge is 0.368 e. The van der Waals surface area contributed by atoms with E-state index in [9.17, 15) is 4.79 Å². The number of fused-ring (bicyclic) bond motifs is 1. The number of urea groups is 1. The van der Waals surface area contributed by atoms with Gasteiger partial charge in [-0.25, -0.2) is 4.79 Å². The second kappa shape index (κ2) is 2.24. The van der Waals surface area contributed by atoms with Crippen molar-refractivity contribution in [3.8, 4) is 6.07 Å². The van der Waals surface area contributed by atoms with E-state index >= 15 is 0 Å². The van der Waals surface area contributed by atoms with Crippen LogP contribution in [0.25, 0.3) is 0 Å². The molecule has 1 heterocycles. The number of nitriles is 1. The molecule has 1 aliphatic rings. The van der Waals surface area contributed by atoms with Gasteiger partial charge < -0.3 is 0 Å². The molecule has 0 aromatic heterocycles. The highest BCUT2D eigenvalue weighted by Gasteiger charge is 2.07. The van der Waals surface area contributed by atoms with Gasteiger partial charge in [0.25, 0.3) is 0 Å². The van der Waals surface area contributed by atoms with Gasteiger partial charge in [0.2, 0.25) is 0 Å². The van der Waals surface area contributed by atoms with E-state index in [0.717, 1.165) is 0 Å². The van der Waals surface area contributed by atoms with Crippen molar-refractivity contribution in [2.24, 2.45) is 9.98 Å². The summed E-state index contributed by atoms with van der Waals surface area (Å²) in [7, 11) is 0. The molecule has 0 saturated heterocycles. The summed E-state index contributed by atoms with van der Waals surface area (Å²) in [6, 6.07) is 6.35. The third-order valence-electron chi connectivity index (χ3n) is 1.56. The van der Waals surface area contributed by atoms with Crippen LogP contribution in [0.2, 0.25) is 0 Å². The number of nitrogens with zero attached hydrogens (tertiary/aromatic N) is 3. The normalized spacial score (nSPS) is 12.8. The lowest BCUT2D eigenvalue weighted by Gasteiger charge is -1.83. The molecule has 0 fully saturated rings. The van der Waals surface area contributed by atoms with E-state index in [1.54, 1.807) is 18.2 Å². The highest BCUT2D eigenvalue weighted by atomic mass is 16.2. The van der Waals surface area contributed by atoms with Gasteiger partial charge in [-0.1, -0.05) is 6.07 Å². The summed E-state index contributed by atoms with van der Waals surface area (Å²) in [5.74, 6) is 0. The first kappa shape index (κ1) is 6.68. The van der Waals surface area contributed by atoms with Crippen molar-refractivity contribution in [2.75, 3.05) is 0 Å². The zero-order valence-electron chi connectivity index (χ0n) is 5.98. The maximum Gasteiger partial charge on any atom is 0.368 e. The average molecular weight is 157 g/mol. The fraction of sp³-hybridized carbons (Fsp3) is 0. The Balaban J connectivity index is 2.96. The lowest BCUT2D eigenvalue weighted by Crippen LogP contribution is -2.24. The minimum absolute atomic E-state index is 0.391. The van der Waals surface area contributed by atoms with Crippen LogP contribution < -0.4 is 10.7 Å². The van der Waals surface area contributed by atoms with E-state index in [1.807, 2.05) is 6.07 Å². The van der Waals surface area contributed by atoms with E-state index in [-0.39, 0.29) is 0 Å². The molecule has 2 amide bonds. The third kappa shape index (κ3) is 0.805. The van der Waals surface area contributed by atoms with Gasteiger partial charge in [-0.3, -0.25) is 0 Å². The average Bonchev–Trinajstić information content (AvgIpc) is 2.44. The van der Waals surface area contributed by atoms with Crippen molar-refractivity contribution >= 4 is 6.03 Å². The second-order valence-electron chi connectivity index (χ2n) is 2.29. The number of carbonyl (C=O) groups is 1. The minimum atomic E-state index is -0.535. The molecule has 2 rings (SSSR count). The quantitative estimate of drug-likeness (QED) is 0.529. The predicted octanol–water partition coefficient (Wildman–Crippen LogP) is -0.0689. The fourth-order valence-electron chi connectivity index (χ4n) is 1.05. The van der Waals surface area contributed by atoms with Crippen molar-refractivity contribution in [1.29, 1.82) is 5.26 Å².